The van der Waals surface area contributed by atoms with E-state index in [1.54, 1.807) is 0 Å². The molecule has 1 atom stereocenters. The normalized spacial score (nSPS) is 18.5. The fraction of sp³-hybridized carbons (Fsp3) is 0.615. The number of pyridine rings is 1. The van der Waals surface area contributed by atoms with E-state index < -0.39 is 0 Å². The van der Waals surface area contributed by atoms with Crippen molar-refractivity contribution in [2.75, 3.05) is 0 Å². The van der Waals surface area contributed by atoms with Gasteiger partial charge in [-0.3, -0.25) is 4.98 Å². The molecule has 0 spiro atoms. The summed E-state index contributed by atoms with van der Waals surface area (Å²) < 4.78 is 0. The zero-order valence-electron chi connectivity index (χ0n) is 9.23. The molecule has 82 valence electrons. The van der Waals surface area contributed by atoms with E-state index >= 15 is 0 Å². The lowest BCUT2D eigenvalue weighted by Crippen LogP contribution is -2.27. The summed E-state index contributed by atoms with van der Waals surface area (Å²) in [4.78, 5) is 4.31. The molecule has 0 aromatic carbocycles. The Morgan fingerprint density at radius 2 is 2.27 bits per heavy atom. The largest absolute Gasteiger partial charge is 0.328 e. The highest BCUT2D eigenvalue weighted by molar-refractivity contribution is 5.03. The predicted molar refractivity (Wildman–Crippen MR) is 62.5 cm³/mol. The summed E-state index contributed by atoms with van der Waals surface area (Å²) in [6.45, 7) is 0. The number of nitrogens with zero attached hydrogens (tertiary/aromatic N) is 1. The number of aromatic nitrogens is 1. The number of nitrogens with two attached hydrogens (primary N) is 1. The van der Waals surface area contributed by atoms with Crippen LogP contribution in [0.25, 0.3) is 0 Å². The topological polar surface area (TPSA) is 38.9 Å². The monoisotopic (exact) mass is 204 g/mol. The standard InChI is InChI=1S/C13H20N2/c14-12(10-11-4-3-5-11)7-8-13-6-1-2-9-15-13/h1-2,6,9,11-12H,3-5,7-8,10,14H2. The Balaban J connectivity index is 1.68. The Morgan fingerprint density at radius 1 is 1.40 bits per heavy atom. The first-order chi connectivity index (χ1) is 7.34. The highest BCUT2D eigenvalue weighted by Gasteiger charge is 2.19. The van der Waals surface area contributed by atoms with E-state index in [0.717, 1.165) is 18.8 Å². The molecule has 2 nitrogen and oxygen atoms in total. The van der Waals surface area contributed by atoms with Crippen LogP contribution >= 0.6 is 0 Å². The van der Waals surface area contributed by atoms with Crippen LogP contribution in [0.4, 0.5) is 0 Å². The van der Waals surface area contributed by atoms with Crippen molar-refractivity contribution in [3.63, 3.8) is 0 Å². The summed E-state index contributed by atoms with van der Waals surface area (Å²) >= 11 is 0. The number of hydrogen-bond donors (Lipinski definition) is 1. The van der Waals surface area contributed by atoms with Crippen molar-refractivity contribution in [3.8, 4) is 0 Å². The van der Waals surface area contributed by atoms with Crippen molar-refractivity contribution in [2.45, 2.75) is 44.6 Å². The molecule has 1 aromatic heterocycles. The molecule has 1 saturated carbocycles. The van der Waals surface area contributed by atoms with E-state index in [2.05, 4.69) is 11.1 Å². The lowest BCUT2D eigenvalue weighted by molar-refractivity contribution is 0.272. The van der Waals surface area contributed by atoms with Gasteiger partial charge < -0.3 is 5.73 Å². The van der Waals surface area contributed by atoms with E-state index in [0.29, 0.717) is 6.04 Å². The molecular weight excluding hydrogens is 184 g/mol. The van der Waals surface area contributed by atoms with Crippen molar-refractivity contribution >= 4 is 0 Å². The van der Waals surface area contributed by atoms with Crippen LogP contribution in [-0.2, 0) is 6.42 Å². The van der Waals surface area contributed by atoms with Crippen LogP contribution < -0.4 is 5.73 Å². The third-order valence-corrected chi connectivity index (χ3v) is 3.36. The number of hydrogen-bond acceptors (Lipinski definition) is 2. The average molecular weight is 204 g/mol. The van der Waals surface area contributed by atoms with Gasteiger partial charge in [-0.25, -0.2) is 0 Å². The molecule has 1 aliphatic carbocycles. The minimum Gasteiger partial charge on any atom is -0.328 e. The third-order valence-electron chi connectivity index (χ3n) is 3.36. The van der Waals surface area contributed by atoms with Crippen molar-refractivity contribution in [1.29, 1.82) is 0 Å². The molecule has 15 heavy (non-hydrogen) atoms. The number of aryl methyl sites for hydroxylation is 1. The quantitative estimate of drug-likeness (QED) is 0.800. The van der Waals surface area contributed by atoms with Gasteiger partial charge in [0.2, 0.25) is 0 Å². The summed E-state index contributed by atoms with van der Waals surface area (Å²) in [5.74, 6) is 0.920. The van der Waals surface area contributed by atoms with E-state index in [1.165, 1.54) is 31.4 Å². The van der Waals surface area contributed by atoms with Crippen molar-refractivity contribution in [2.24, 2.45) is 11.7 Å². The van der Waals surface area contributed by atoms with Gasteiger partial charge in [0.05, 0.1) is 0 Å². The van der Waals surface area contributed by atoms with Gasteiger partial charge in [0.15, 0.2) is 0 Å². The first-order valence-electron chi connectivity index (χ1n) is 6.00. The first kappa shape index (κ1) is 10.6. The molecule has 0 aliphatic heterocycles. The maximum atomic E-state index is 6.10. The lowest BCUT2D eigenvalue weighted by Gasteiger charge is -2.27. The van der Waals surface area contributed by atoms with Gasteiger partial charge in [-0.2, -0.15) is 0 Å². The molecule has 1 heterocycles. The van der Waals surface area contributed by atoms with Crippen LogP contribution in [0, 0.1) is 5.92 Å². The molecule has 1 aliphatic rings. The van der Waals surface area contributed by atoms with Gasteiger partial charge in [-0.15, -0.1) is 0 Å². The molecule has 2 heteroatoms. The first-order valence-corrected chi connectivity index (χ1v) is 6.00. The van der Waals surface area contributed by atoms with E-state index in [9.17, 15) is 0 Å². The predicted octanol–water partition coefficient (Wildman–Crippen LogP) is 2.53. The van der Waals surface area contributed by atoms with Crippen molar-refractivity contribution in [3.05, 3.63) is 30.1 Å². The van der Waals surface area contributed by atoms with Gasteiger partial charge in [-0.1, -0.05) is 25.3 Å². The summed E-state index contributed by atoms with van der Waals surface area (Å²) in [5.41, 5.74) is 7.27. The highest BCUT2D eigenvalue weighted by Crippen LogP contribution is 2.30. The molecule has 1 aromatic rings. The molecule has 0 amide bonds. The van der Waals surface area contributed by atoms with Crippen LogP contribution in [0.15, 0.2) is 24.4 Å². The van der Waals surface area contributed by atoms with Gasteiger partial charge in [0.1, 0.15) is 0 Å². The van der Waals surface area contributed by atoms with Crippen LogP contribution in [0.2, 0.25) is 0 Å². The molecular formula is C13H20N2. The average Bonchev–Trinajstić information content (AvgIpc) is 2.22. The maximum Gasteiger partial charge on any atom is 0.0404 e. The number of rotatable bonds is 5. The molecule has 0 saturated heterocycles. The zero-order chi connectivity index (χ0) is 10.5. The Kier molecular flexibility index (Phi) is 3.73. The Labute approximate surface area is 91.9 Å². The van der Waals surface area contributed by atoms with Crippen LogP contribution in [0.3, 0.4) is 0 Å². The summed E-state index contributed by atoms with van der Waals surface area (Å²) in [6, 6.07) is 6.45. The second-order valence-electron chi connectivity index (χ2n) is 4.65. The zero-order valence-corrected chi connectivity index (χ0v) is 9.23. The minimum atomic E-state index is 0.373. The smallest absolute Gasteiger partial charge is 0.0404 e. The van der Waals surface area contributed by atoms with Crippen molar-refractivity contribution in [1.82, 2.24) is 4.98 Å². The maximum absolute atomic E-state index is 6.10. The Bertz CT molecular complexity index is 280. The molecule has 1 fully saturated rings. The van der Waals surface area contributed by atoms with Crippen LogP contribution in [0.1, 0.15) is 37.8 Å². The molecule has 0 bridgehead atoms. The van der Waals surface area contributed by atoms with E-state index in [1.807, 2.05) is 18.3 Å². The van der Waals surface area contributed by atoms with E-state index in [-0.39, 0.29) is 0 Å². The third kappa shape index (κ3) is 3.31. The molecule has 0 radical (unpaired) electrons. The Morgan fingerprint density at radius 3 is 2.87 bits per heavy atom. The summed E-state index contributed by atoms with van der Waals surface area (Å²) in [7, 11) is 0. The lowest BCUT2D eigenvalue weighted by atomic mass is 9.80. The van der Waals surface area contributed by atoms with E-state index in [4.69, 9.17) is 5.73 Å². The molecule has 1 unspecified atom stereocenters. The summed E-state index contributed by atoms with van der Waals surface area (Å²) in [5, 5.41) is 0. The highest BCUT2D eigenvalue weighted by atomic mass is 14.7. The second kappa shape index (κ2) is 5.26. The van der Waals surface area contributed by atoms with Gasteiger partial charge in [0, 0.05) is 17.9 Å². The van der Waals surface area contributed by atoms with Gasteiger partial charge in [-0.05, 0) is 37.3 Å². The minimum absolute atomic E-state index is 0.373. The van der Waals surface area contributed by atoms with Crippen molar-refractivity contribution < 1.29 is 0 Å². The Hall–Kier alpha value is -0.890. The molecule has 2 N–H and O–H groups in total. The van der Waals surface area contributed by atoms with Crippen LogP contribution in [-0.4, -0.2) is 11.0 Å². The second-order valence-corrected chi connectivity index (χ2v) is 4.65. The molecule has 2 rings (SSSR count). The fourth-order valence-corrected chi connectivity index (χ4v) is 2.15. The SMILES string of the molecule is NC(CCc1ccccn1)CC1CCC1. The van der Waals surface area contributed by atoms with Gasteiger partial charge in [0.25, 0.3) is 0 Å². The fourth-order valence-electron chi connectivity index (χ4n) is 2.15. The summed E-state index contributed by atoms with van der Waals surface area (Å²) in [6.07, 6.45) is 9.38. The van der Waals surface area contributed by atoms with Gasteiger partial charge >= 0.3 is 0 Å². The van der Waals surface area contributed by atoms with Crippen LogP contribution in [0.5, 0.6) is 0 Å².